The Balaban J connectivity index is 2.47. The van der Waals surface area contributed by atoms with E-state index in [0.29, 0.717) is 0 Å². The van der Waals surface area contributed by atoms with Crippen LogP contribution >= 0.6 is 0 Å². The van der Waals surface area contributed by atoms with Crippen LogP contribution in [-0.4, -0.2) is 26.9 Å². The topological polar surface area (TPSA) is 110 Å². The van der Waals surface area contributed by atoms with Crippen LogP contribution in [0.15, 0.2) is 29.2 Å². The molecule has 1 aliphatic heterocycles. The molecule has 0 aliphatic carbocycles. The number of rotatable bonds is 2. The molecule has 1 saturated heterocycles. The van der Waals surface area contributed by atoms with E-state index in [9.17, 15) is 18.0 Å². The first-order valence-corrected chi connectivity index (χ1v) is 6.18. The van der Waals surface area contributed by atoms with E-state index in [1.807, 2.05) is 0 Å². The van der Waals surface area contributed by atoms with Crippen LogP contribution < -0.4 is 15.4 Å². The zero-order valence-corrected chi connectivity index (χ0v) is 9.40. The van der Waals surface area contributed by atoms with E-state index in [2.05, 4.69) is 5.32 Å². The molecule has 0 unspecified atom stereocenters. The minimum Gasteiger partial charge on any atom is -0.328 e. The van der Waals surface area contributed by atoms with Crippen LogP contribution in [0.1, 0.15) is 0 Å². The Morgan fingerprint density at radius 1 is 1.29 bits per heavy atom. The predicted molar refractivity (Wildman–Crippen MR) is 58.7 cm³/mol. The Bertz CT molecular complexity index is 580. The first kappa shape index (κ1) is 11.6. The summed E-state index contributed by atoms with van der Waals surface area (Å²) in [6.45, 7) is -0.0988. The zero-order chi connectivity index (χ0) is 12.6. The van der Waals surface area contributed by atoms with Crippen LogP contribution in [0, 0.1) is 0 Å². The number of carbonyl (C=O) groups is 2. The maximum atomic E-state index is 11.4. The summed E-state index contributed by atoms with van der Waals surface area (Å²) in [5.74, 6) is -0.443. The van der Waals surface area contributed by atoms with E-state index in [0.717, 1.165) is 4.90 Å². The van der Waals surface area contributed by atoms with Gasteiger partial charge in [0.25, 0.3) is 5.91 Å². The third-order valence-corrected chi connectivity index (χ3v) is 3.16. The molecule has 90 valence electrons. The van der Waals surface area contributed by atoms with E-state index >= 15 is 0 Å². The van der Waals surface area contributed by atoms with Crippen molar-refractivity contribution in [3.8, 4) is 0 Å². The number of anilines is 1. The number of urea groups is 1. The lowest BCUT2D eigenvalue weighted by Crippen LogP contribution is -2.30. The van der Waals surface area contributed by atoms with Crippen molar-refractivity contribution in [1.82, 2.24) is 5.32 Å². The van der Waals surface area contributed by atoms with Gasteiger partial charge in [-0.05, 0) is 18.2 Å². The van der Waals surface area contributed by atoms with Gasteiger partial charge < -0.3 is 5.32 Å². The highest BCUT2D eigenvalue weighted by Crippen LogP contribution is 2.20. The molecular formula is C9H9N3O4S. The molecule has 7 nitrogen and oxygen atoms in total. The number of hydrogen-bond donors (Lipinski definition) is 2. The molecule has 8 heteroatoms. The van der Waals surface area contributed by atoms with Gasteiger partial charge >= 0.3 is 6.03 Å². The van der Waals surface area contributed by atoms with Crippen molar-refractivity contribution in [2.75, 3.05) is 11.4 Å². The minimum absolute atomic E-state index is 0.0988. The van der Waals surface area contributed by atoms with Gasteiger partial charge in [0, 0.05) is 0 Å². The summed E-state index contributed by atoms with van der Waals surface area (Å²) in [7, 11) is -3.86. The smallest absolute Gasteiger partial charge is 0.328 e. The highest BCUT2D eigenvalue weighted by Gasteiger charge is 2.30. The van der Waals surface area contributed by atoms with Crippen LogP contribution in [0.2, 0.25) is 0 Å². The fourth-order valence-electron chi connectivity index (χ4n) is 1.48. The number of carbonyl (C=O) groups excluding carboxylic acids is 2. The number of nitrogens with one attached hydrogen (secondary N) is 1. The molecule has 2 rings (SSSR count). The summed E-state index contributed by atoms with van der Waals surface area (Å²) in [5, 5.41) is 7.29. The molecule has 0 saturated carbocycles. The van der Waals surface area contributed by atoms with Gasteiger partial charge in [0.2, 0.25) is 10.0 Å². The first-order chi connectivity index (χ1) is 7.89. The average Bonchev–Trinajstić information content (AvgIpc) is 2.57. The van der Waals surface area contributed by atoms with Crippen LogP contribution in [-0.2, 0) is 14.8 Å². The predicted octanol–water partition coefficient (Wildman–Crippen LogP) is -0.610. The number of hydrogen-bond acceptors (Lipinski definition) is 4. The molecule has 1 aliphatic rings. The molecule has 0 radical (unpaired) electrons. The summed E-state index contributed by atoms with van der Waals surface area (Å²) in [4.78, 5) is 23.5. The number of nitrogens with two attached hydrogens (primary N) is 1. The highest BCUT2D eigenvalue weighted by molar-refractivity contribution is 7.89. The molecule has 0 aromatic heterocycles. The number of primary sulfonamides is 1. The Kier molecular flexibility index (Phi) is 2.60. The van der Waals surface area contributed by atoms with Gasteiger partial charge in [-0.15, -0.1) is 0 Å². The summed E-state index contributed by atoms with van der Waals surface area (Å²) >= 11 is 0. The van der Waals surface area contributed by atoms with Crippen molar-refractivity contribution >= 4 is 27.6 Å². The summed E-state index contributed by atoms with van der Waals surface area (Å²) < 4.78 is 22.3. The molecule has 0 atom stereocenters. The van der Waals surface area contributed by atoms with Gasteiger partial charge in [0.15, 0.2) is 0 Å². The normalized spacial score (nSPS) is 16.2. The Hall–Kier alpha value is -1.93. The summed E-state index contributed by atoms with van der Waals surface area (Å²) in [6, 6.07) is 4.75. The van der Waals surface area contributed by atoms with Crippen molar-refractivity contribution in [1.29, 1.82) is 0 Å². The molecule has 1 aromatic carbocycles. The Morgan fingerprint density at radius 2 is 2.00 bits per heavy atom. The Labute approximate surface area is 97.3 Å². The second kappa shape index (κ2) is 3.82. The lowest BCUT2D eigenvalue weighted by Gasteiger charge is -2.12. The van der Waals surface area contributed by atoms with E-state index in [4.69, 9.17) is 5.14 Å². The number of amides is 3. The van der Waals surface area contributed by atoms with Crippen molar-refractivity contribution in [2.45, 2.75) is 4.90 Å². The zero-order valence-electron chi connectivity index (χ0n) is 8.58. The summed E-state index contributed by atoms with van der Waals surface area (Å²) in [5.41, 5.74) is 0.177. The van der Waals surface area contributed by atoms with Crippen LogP contribution in [0.5, 0.6) is 0 Å². The first-order valence-electron chi connectivity index (χ1n) is 4.63. The van der Waals surface area contributed by atoms with Gasteiger partial charge in [0.05, 0.1) is 17.1 Å². The second-order valence-corrected chi connectivity index (χ2v) is 4.99. The minimum atomic E-state index is -3.86. The van der Waals surface area contributed by atoms with Gasteiger partial charge in [-0.3, -0.25) is 4.79 Å². The fourth-order valence-corrected chi connectivity index (χ4v) is 2.04. The lowest BCUT2D eigenvalue weighted by atomic mass is 10.3. The molecule has 1 aromatic rings. The maximum absolute atomic E-state index is 11.4. The molecule has 17 heavy (non-hydrogen) atoms. The van der Waals surface area contributed by atoms with Crippen molar-refractivity contribution in [3.63, 3.8) is 0 Å². The van der Waals surface area contributed by atoms with Crippen molar-refractivity contribution in [2.24, 2.45) is 5.14 Å². The van der Waals surface area contributed by atoms with Gasteiger partial charge in [0.1, 0.15) is 0 Å². The second-order valence-electron chi connectivity index (χ2n) is 3.43. The van der Waals surface area contributed by atoms with Crippen LogP contribution in [0.4, 0.5) is 10.5 Å². The standard InChI is InChI=1S/C9H9N3O4S/c10-17(15,16)7-3-1-2-6(4-7)12-8(13)5-11-9(12)14/h1-4H,5H2,(H,11,14)(H2,10,15,16). The molecule has 0 bridgehead atoms. The largest absolute Gasteiger partial charge is 0.329 e. The molecule has 3 N–H and O–H groups in total. The third kappa shape index (κ3) is 2.12. The van der Waals surface area contributed by atoms with E-state index < -0.39 is 22.0 Å². The van der Waals surface area contributed by atoms with Crippen molar-refractivity contribution < 1.29 is 18.0 Å². The van der Waals surface area contributed by atoms with Crippen molar-refractivity contribution in [3.05, 3.63) is 24.3 Å². The number of benzene rings is 1. The highest BCUT2D eigenvalue weighted by atomic mass is 32.2. The SMILES string of the molecule is NS(=O)(=O)c1cccc(N2C(=O)CNC2=O)c1. The van der Waals surface area contributed by atoms with E-state index in [1.54, 1.807) is 0 Å². The summed E-state index contributed by atoms with van der Waals surface area (Å²) in [6.07, 6.45) is 0. The maximum Gasteiger partial charge on any atom is 0.329 e. The van der Waals surface area contributed by atoms with Gasteiger partial charge in [-0.1, -0.05) is 6.07 Å². The quantitative estimate of drug-likeness (QED) is 0.687. The van der Waals surface area contributed by atoms with E-state index in [-0.39, 0.29) is 17.1 Å². The number of nitrogens with zero attached hydrogens (tertiary/aromatic N) is 1. The lowest BCUT2D eigenvalue weighted by molar-refractivity contribution is -0.115. The van der Waals surface area contributed by atoms with Gasteiger partial charge in [-0.25, -0.2) is 23.3 Å². The van der Waals surface area contributed by atoms with Crippen LogP contribution in [0.25, 0.3) is 0 Å². The molecule has 3 amide bonds. The monoisotopic (exact) mass is 255 g/mol. The number of sulfonamides is 1. The molecule has 1 fully saturated rings. The fraction of sp³-hybridized carbons (Fsp3) is 0.111. The van der Waals surface area contributed by atoms with Gasteiger partial charge in [-0.2, -0.15) is 0 Å². The Morgan fingerprint density at radius 3 is 2.53 bits per heavy atom. The number of imide groups is 1. The van der Waals surface area contributed by atoms with E-state index in [1.165, 1.54) is 24.3 Å². The molecule has 0 spiro atoms. The van der Waals surface area contributed by atoms with Crippen LogP contribution in [0.3, 0.4) is 0 Å². The molecular weight excluding hydrogens is 246 g/mol. The third-order valence-electron chi connectivity index (χ3n) is 2.25. The molecule has 1 heterocycles. The average molecular weight is 255 g/mol.